The summed E-state index contributed by atoms with van der Waals surface area (Å²) in [5.41, 5.74) is 2.31. The molecule has 3 rings (SSSR count). The predicted molar refractivity (Wildman–Crippen MR) is 80.0 cm³/mol. The number of pyridine rings is 1. The van der Waals surface area contributed by atoms with Crippen molar-refractivity contribution in [2.24, 2.45) is 0 Å². The van der Waals surface area contributed by atoms with Crippen molar-refractivity contribution in [3.8, 4) is 0 Å². The van der Waals surface area contributed by atoms with Gasteiger partial charge in [0.05, 0.1) is 23.3 Å². The summed E-state index contributed by atoms with van der Waals surface area (Å²) in [6, 6.07) is 6.00. The maximum absolute atomic E-state index is 13.3. The number of hydrogen-bond donors (Lipinski definition) is 2. The van der Waals surface area contributed by atoms with Gasteiger partial charge in [0.2, 0.25) is 0 Å². The van der Waals surface area contributed by atoms with Gasteiger partial charge in [-0.25, -0.2) is 9.37 Å². The molecule has 2 aromatic heterocycles. The number of rotatable bonds is 4. The number of amides is 1. The van der Waals surface area contributed by atoms with Crippen LogP contribution in [0.5, 0.6) is 0 Å². The smallest absolute Gasteiger partial charge is 0.257 e. The Morgan fingerprint density at radius 2 is 2.22 bits per heavy atom. The molecule has 1 amide bonds. The Bertz CT molecular complexity index is 876. The van der Waals surface area contributed by atoms with Crippen molar-refractivity contribution in [1.82, 2.24) is 15.5 Å². The van der Waals surface area contributed by atoms with Crippen LogP contribution in [0.2, 0.25) is 0 Å². The molecule has 0 aliphatic rings. The number of aliphatic hydroxyl groups excluding tert-OH is 1. The van der Waals surface area contributed by atoms with Crippen LogP contribution in [0.15, 0.2) is 35.0 Å². The van der Waals surface area contributed by atoms with Crippen LogP contribution in [0.4, 0.5) is 4.39 Å². The third kappa shape index (κ3) is 3.04. The molecular weight excluding hydrogens is 301 g/mol. The fraction of sp³-hybridized carbons (Fsp3) is 0.188. The Morgan fingerprint density at radius 3 is 3.00 bits per heavy atom. The summed E-state index contributed by atoms with van der Waals surface area (Å²) in [7, 11) is 0. The average molecular weight is 315 g/mol. The largest absolute Gasteiger partial charge is 0.392 e. The number of nitrogens with zero attached hydrogens (tertiary/aromatic N) is 2. The van der Waals surface area contributed by atoms with E-state index in [0.717, 1.165) is 0 Å². The molecule has 0 aliphatic carbocycles. The summed E-state index contributed by atoms with van der Waals surface area (Å²) in [5, 5.41) is 16.3. The summed E-state index contributed by atoms with van der Waals surface area (Å²) < 4.78 is 18.3. The van der Waals surface area contributed by atoms with Crippen LogP contribution in [0, 0.1) is 12.7 Å². The Hall–Kier alpha value is -2.80. The molecule has 1 aromatic carbocycles. The number of carbonyl (C=O) groups excluding carboxylic acids is 1. The van der Waals surface area contributed by atoms with Crippen LogP contribution in [0.3, 0.4) is 0 Å². The van der Waals surface area contributed by atoms with E-state index < -0.39 is 5.82 Å². The lowest BCUT2D eigenvalue weighted by Crippen LogP contribution is -2.23. The van der Waals surface area contributed by atoms with Crippen LogP contribution in [-0.4, -0.2) is 21.2 Å². The van der Waals surface area contributed by atoms with Gasteiger partial charge in [0.1, 0.15) is 5.82 Å². The minimum Gasteiger partial charge on any atom is -0.392 e. The van der Waals surface area contributed by atoms with E-state index in [1.807, 2.05) is 0 Å². The molecule has 2 N–H and O–H groups in total. The lowest BCUT2D eigenvalue weighted by molar-refractivity contribution is 0.0950. The van der Waals surface area contributed by atoms with Gasteiger partial charge in [-0.1, -0.05) is 11.2 Å². The number of halogens is 1. The second-order valence-corrected chi connectivity index (χ2v) is 5.11. The summed E-state index contributed by atoms with van der Waals surface area (Å²) in [5.74, 6) is -0.782. The topological polar surface area (TPSA) is 88.2 Å². The molecule has 0 saturated heterocycles. The van der Waals surface area contributed by atoms with Gasteiger partial charge in [0, 0.05) is 18.3 Å². The monoisotopic (exact) mass is 315 g/mol. The molecule has 0 radical (unpaired) electrons. The number of aryl methyl sites for hydroxylation is 1. The van der Waals surface area contributed by atoms with Gasteiger partial charge in [-0.15, -0.1) is 0 Å². The van der Waals surface area contributed by atoms with Crippen molar-refractivity contribution < 1.29 is 18.8 Å². The second kappa shape index (κ2) is 6.13. The minimum atomic E-state index is -0.472. The maximum atomic E-state index is 13.3. The predicted octanol–water partition coefficient (Wildman–Crippen LogP) is 2.09. The first-order valence-electron chi connectivity index (χ1n) is 6.97. The summed E-state index contributed by atoms with van der Waals surface area (Å²) in [4.78, 5) is 16.2. The zero-order valence-corrected chi connectivity index (χ0v) is 12.3. The molecule has 0 unspecified atom stereocenters. The van der Waals surface area contributed by atoms with Crippen molar-refractivity contribution in [3.05, 3.63) is 58.7 Å². The second-order valence-electron chi connectivity index (χ2n) is 5.11. The molecule has 0 aliphatic heterocycles. The van der Waals surface area contributed by atoms with Crippen molar-refractivity contribution in [2.45, 2.75) is 20.1 Å². The molecule has 2 heterocycles. The zero-order chi connectivity index (χ0) is 16.4. The van der Waals surface area contributed by atoms with Crippen LogP contribution in [0.1, 0.15) is 27.2 Å². The van der Waals surface area contributed by atoms with E-state index in [1.54, 1.807) is 19.1 Å². The SMILES string of the molecule is Cc1noc2ncc(C(=O)NCc3ccc(F)c(CO)c3)cc12. The van der Waals surface area contributed by atoms with E-state index in [0.29, 0.717) is 27.9 Å². The third-order valence-electron chi connectivity index (χ3n) is 3.51. The first-order valence-corrected chi connectivity index (χ1v) is 6.97. The molecule has 0 fully saturated rings. The normalized spacial score (nSPS) is 10.9. The molecule has 0 spiro atoms. The number of benzene rings is 1. The van der Waals surface area contributed by atoms with Gasteiger partial charge in [-0.2, -0.15) is 0 Å². The summed E-state index contributed by atoms with van der Waals surface area (Å²) in [6.07, 6.45) is 1.41. The van der Waals surface area contributed by atoms with Gasteiger partial charge in [0.25, 0.3) is 11.6 Å². The first-order chi connectivity index (χ1) is 11.1. The van der Waals surface area contributed by atoms with Gasteiger partial charge in [0.15, 0.2) is 0 Å². The van der Waals surface area contributed by atoms with Crippen molar-refractivity contribution >= 4 is 17.0 Å². The van der Waals surface area contributed by atoms with Gasteiger partial charge >= 0.3 is 0 Å². The number of fused-ring (bicyclic) bond motifs is 1. The van der Waals surface area contributed by atoms with Gasteiger partial charge in [-0.3, -0.25) is 4.79 Å². The molecule has 0 bridgehead atoms. The van der Waals surface area contributed by atoms with Crippen LogP contribution >= 0.6 is 0 Å². The van der Waals surface area contributed by atoms with Crippen LogP contribution in [-0.2, 0) is 13.2 Å². The van der Waals surface area contributed by atoms with Crippen molar-refractivity contribution in [1.29, 1.82) is 0 Å². The Morgan fingerprint density at radius 1 is 1.39 bits per heavy atom. The molecular formula is C16H14FN3O3. The van der Waals surface area contributed by atoms with E-state index in [2.05, 4.69) is 15.5 Å². The number of carbonyl (C=O) groups is 1. The Balaban J connectivity index is 1.74. The minimum absolute atomic E-state index is 0.194. The molecule has 7 heteroatoms. The number of aliphatic hydroxyl groups is 1. The fourth-order valence-electron chi connectivity index (χ4n) is 2.21. The summed E-state index contributed by atoms with van der Waals surface area (Å²) >= 11 is 0. The lowest BCUT2D eigenvalue weighted by atomic mass is 10.1. The molecule has 3 aromatic rings. The van der Waals surface area contributed by atoms with E-state index in [1.165, 1.54) is 18.3 Å². The van der Waals surface area contributed by atoms with E-state index in [4.69, 9.17) is 9.63 Å². The van der Waals surface area contributed by atoms with Crippen LogP contribution in [0.25, 0.3) is 11.1 Å². The highest BCUT2D eigenvalue weighted by molar-refractivity contribution is 5.96. The standard InChI is InChI=1S/C16H14FN3O3/c1-9-13-5-11(7-19-16(13)23-20-9)15(22)18-6-10-2-3-14(17)12(4-10)8-21/h2-5,7,21H,6,8H2,1H3,(H,18,22). The lowest BCUT2D eigenvalue weighted by Gasteiger charge is -2.07. The van der Waals surface area contributed by atoms with Gasteiger partial charge in [-0.05, 0) is 30.7 Å². The van der Waals surface area contributed by atoms with Crippen LogP contribution < -0.4 is 5.32 Å². The molecule has 23 heavy (non-hydrogen) atoms. The Kier molecular flexibility index (Phi) is 4.03. The fourth-order valence-corrected chi connectivity index (χ4v) is 2.21. The maximum Gasteiger partial charge on any atom is 0.257 e. The Labute approximate surface area is 130 Å². The highest BCUT2D eigenvalue weighted by Gasteiger charge is 2.11. The molecule has 118 valence electrons. The highest BCUT2D eigenvalue weighted by atomic mass is 19.1. The highest BCUT2D eigenvalue weighted by Crippen LogP contribution is 2.17. The average Bonchev–Trinajstić information content (AvgIpc) is 2.94. The molecule has 6 nitrogen and oxygen atoms in total. The van der Waals surface area contributed by atoms with Crippen molar-refractivity contribution in [3.63, 3.8) is 0 Å². The van der Waals surface area contributed by atoms with E-state index in [9.17, 15) is 9.18 Å². The van der Waals surface area contributed by atoms with Crippen molar-refractivity contribution in [2.75, 3.05) is 0 Å². The number of hydrogen-bond acceptors (Lipinski definition) is 5. The molecule has 0 atom stereocenters. The summed E-state index contributed by atoms with van der Waals surface area (Å²) in [6.45, 7) is 1.60. The third-order valence-corrected chi connectivity index (χ3v) is 3.51. The first kappa shape index (κ1) is 15.1. The quantitative estimate of drug-likeness (QED) is 0.769. The number of aromatic nitrogens is 2. The van der Waals surface area contributed by atoms with E-state index in [-0.39, 0.29) is 24.6 Å². The van der Waals surface area contributed by atoms with Gasteiger partial charge < -0.3 is 14.9 Å². The number of nitrogens with one attached hydrogen (secondary N) is 1. The molecule has 0 saturated carbocycles. The zero-order valence-electron chi connectivity index (χ0n) is 12.3. The van der Waals surface area contributed by atoms with E-state index >= 15 is 0 Å².